The third-order valence-electron chi connectivity index (χ3n) is 2.93. The average Bonchev–Trinajstić information content (AvgIpc) is 2.37. The van der Waals surface area contributed by atoms with Gasteiger partial charge in [0, 0.05) is 25.4 Å². The van der Waals surface area contributed by atoms with Crippen LogP contribution in [0.5, 0.6) is 0 Å². The van der Waals surface area contributed by atoms with E-state index in [0.717, 1.165) is 5.69 Å². The Hall–Kier alpha value is -1.25. The molecule has 1 N–H and O–H groups in total. The number of anilines is 1. The van der Waals surface area contributed by atoms with E-state index in [4.69, 9.17) is 4.74 Å². The topological polar surface area (TPSA) is 84.4 Å². The van der Waals surface area contributed by atoms with Crippen molar-refractivity contribution in [3.8, 4) is 0 Å². The Labute approximate surface area is 113 Å². The Kier molecular flexibility index (Phi) is 4.02. The zero-order chi connectivity index (χ0) is 14.0. The third-order valence-corrected chi connectivity index (χ3v) is 4.22. The number of rotatable bonds is 3. The number of nitrogens with zero attached hydrogens (tertiary/aromatic N) is 3. The van der Waals surface area contributed by atoms with Crippen molar-refractivity contribution in [2.24, 2.45) is 0 Å². The first-order chi connectivity index (χ1) is 8.91. The predicted octanol–water partition coefficient (Wildman–Crippen LogP) is 0.160. The second-order valence-electron chi connectivity index (χ2n) is 4.47. The molecule has 8 heteroatoms. The van der Waals surface area contributed by atoms with E-state index in [2.05, 4.69) is 15.3 Å². The highest BCUT2D eigenvalue weighted by Gasteiger charge is 2.33. The second kappa shape index (κ2) is 5.40. The number of sulfonamides is 1. The molecular weight excluding hydrogens is 268 g/mol. The summed E-state index contributed by atoms with van der Waals surface area (Å²) in [6, 6.07) is 1.34. The predicted molar refractivity (Wildman–Crippen MR) is 71.4 cm³/mol. The lowest BCUT2D eigenvalue weighted by atomic mass is 10.2. The van der Waals surface area contributed by atoms with Crippen LogP contribution in [-0.2, 0) is 14.8 Å². The summed E-state index contributed by atoms with van der Waals surface area (Å²) < 4.78 is 30.4. The summed E-state index contributed by atoms with van der Waals surface area (Å²) in [6.45, 7) is 2.85. The molecule has 0 bridgehead atoms. The summed E-state index contributed by atoms with van der Waals surface area (Å²) in [6.07, 6.45) is 1.19. The van der Waals surface area contributed by atoms with E-state index in [1.165, 1.54) is 10.6 Å². The molecule has 106 valence electrons. The van der Waals surface area contributed by atoms with Gasteiger partial charge in [-0.05, 0) is 6.92 Å². The molecule has 0 aromatic carbocycles. The lowest BCUT2D eigenvalue weighted by Crippen LogP contribution is -2.43. The van der Waals surface area contributed by atoms with Gasteiger partial charge < -0.3 is 10.1 Å². The van der Waals surface area contributed by atoms with Crippen LogP contribution in [0, 0.1) is 6.92 Å². The molecule has 1 saturated heterocycles. The van der Waals surface area contributed by atoms with E-state index in [-0.39, 0.29) is 6.61 Å². The van der Waals surface area contributed by atoms with Crippen molar-refractivity contribution < 1.29 is 13.2 Å². The fourth-order valence-electron chi connectivity index (χ4n) is 2.06. The van der Waals surface area contributed by atoms with Gasteiger partial charge in [-0.25, -0.2) is 18.4 Å². The smallest absolute Gasteiger partial charge is 0.212 e. The van der Waals surface area contributed by atoms with E-state index in [1.54, 1.807) is 13.1 Å². The highest BCUT2D eigenvalue weighted by atomic mass is 32.2. The molecule has 0 saturated carbocycles. The number of hydrogen-bond donors (Lipinski definition) is 1. The van der Waals surface area contributed by atoms with Crippen LogP contribution in [0.1, 0.15) is 17.6 Å². The van der Waals surface area contributed by atoms with Crippen molar-refractivity contribution in [1.82, 2.24) is 14.3 Å². The molecule has 0 radical (unpaired) electrons. The molecule has 0 spiro atoms. The minimum atomic E-state index is -3.30. The van der Waals surface area contributed by atoms with Gasteiger partial charge in [0.1, 0.15) is 11.9 Å². The standard InChI is InChI=1S/C11H18N4O3S/c1-8-6-10(12-2)14-11(13-8)9-7-18-5-4-15(9)19(3,16)17/h6,9H,4-5,7H2,1-3H3,(H,12,13,14). The molecular formula is C11H18N4O3S. The lowest BCUT2D eigenvalue weighted by molar-refractivity contribution is 0.0293. The molecule has 1 aromatic heterocycles. The molecule has 1 fully saturated rings. The molecule has 1 aliphatic rings. The largest absolute Gasteiger partial charge is 0.378 e. The Balaban J connectivity index is 2.40. The molecule has 1 aromatic rings. The summed E-state index contributed by atoms with van der Waals surface area (Å²) >= 11 is 0. The van der Waals surface area contributed by atoms with Crippen molar-refractivity contribution in [1.29, 1.82) is 0 Å². The van der Waals surface area contributed by atoms with E-state index < -0.39 is 16.1 Å². The number of hydrogen-bond acceptors (Lipinski definition) is 6. The number of morpholine rings is 1. The Bertz CT molecular complexity index is 561. The molecule has 19 heavy (non-hydrogen) atoms. The molecule has 0 amide bonds. The van der Waals surface area contributed by atoms with Crippen LogP contribution < -0.4 is 5.32 Å². The molecule has 2 heterocycles. The maximum Gasteiger partial charge on any atom is 0.212 e. The van der Waals surface area contributed by atoms with Gasteiger partial charge in [0.15, 0.2) is 5.82 Å². The maximum atomic E-state index is 11.8. The SMILES string of the molecule is CNc1cc(C)nc(C2COCCN2S(C)(=O)=O)n1. The number of nitrogens with one attached hydrogen (secondary N) is 1. The molecule has 2 rings (SSSR count). The van der Waals surface area contributed by atoms with Gasteiger partial charge >= 0.3 is 0 Å². The Morgan fingerprint density at radius 1 is 1.47 bits per heavy atom. The quantitative estimate of drug-likeness (QED) is 0.852. The van der Waals surface area contributed by atoms with Gasteiger partial charge in [-0.1, -0.05) is 0 Å². The third kappa shape index (κ3) is 3.20. The summed E-state index contributed by atoms with van der Waals surface area (Å²) in [4.78, 5) is 8.66. The van der Waals surface area contributed by atoms with Crippen molar-refractivity contribution >= 4 is 15.8 Å². The van der Waals surface area contributed by atoms with Crippen molar-refractivity contribution in [2.45, 2.75) is 13.0 Å². The zero-order valence-corrected chi connectivity index (χ0v) is 12.1. The Morgan fingerprint density at radius 2 is 2.21 bits per heavy atom. The van der Waals surface area contributed by atoms with Gasteiger partial charge in [-0.2, -0.15) is 4.31 Å². The number of ether oxygens (including phenoxy) is 1. The first-order valence-corrected chi connectivity index (χ1v) is 7.84. The fraction of sp³-hybridized carbons (Fsp3) is 0.636. The monoisotopic (exact) mass is 286 g/mol. The van der Waals surface area contributed by atoms with Crippen molar-refractivity contribution in [3.05, 3.63) is 17.6 Å². The van der Waals surface area contributed by atoms with E-state index in [9.17, 15) is 8.42 Å². The molecule has 1 unspecified atom stereocenters. The zero-order valence-electron chi connectivity index (χ0n) is 11.3. The van der Waals surface area contributed by atoms with Crippen molar-refractivity contribution in [2.75, 3.05) is 38.4 Å². The molecule has 1 aliphatic heterocycles. The van der Waals surface area contributed by atoms with Gasteiger partial charge in [-0.15, -0.1) is 0 Å². The fourth-order valence-corrected chi connectivity index (χ4v) is 3.08. The highest BCUT2D eigenvalue weighted by molar-refractivity contribution is 7.88. The summed E-state index contributed by atoms with van der Waals surface area (Å²) in [5, 5.41) is 2.94. The van der Waals surface area contributed by atoms with Crippen LogP contribution in [0.15, 0.2) is 6.07 Å². The summed E-state index contributed by atoms with van der Waals surface area (Å²) in [5.74, 6) is 1.14. The van der Waals surface area contributed by atoms with Crippen LogP contribution in [0.2, 0.25) is 0 Å². The molecule has 7 nitrogen and oxygen atoms in total. The van der Waals surface area contributed by atoms with Gasteiger partial charge in [0.05, 0.1) is 19.5 Å². The number of aryl methyl sites for hydroxylation is 1. The molecule has 1 atom stereocenters. The van der Waals surface area contributed by atoms with Crippen LogP contribution in [0.3, 0.4) is 0 Å². The van der Waals surface area contributed by atoms with Gasteiger partial charge in [0.2, 0.25) is 10.0 Å². The van der Waals surface area contributed by atoms with E-state index in [0.29, 0.717) is 24.8 Å². The Morgan fingerprint density at radius 3 is 2.84 bits per heavy atom. The van der Waals surface area contributed by atoms with Crippen molar-refractivity contribution in [3.63, 3.8) is 0 Å². The van der Waals surface area contributed by atoms with Crippen LogP contribution in [0.25, 0.3) is 0 Å². The average molecular weight is 286 g/mol. The van der Waals surface area contributed by atoms with Gasteiger partial charge in [0.25, 0.3) is 0 Å². The summed E-state index contributed by atoms with van der Waals surface area (Å²) in [5.41, 5.74) is 0.786. The van der Waals surface area contributed by atoms with Crippen LogP contribution in [-0.4, -0.2) is 55.8 Å². The first kappa shape index (κ1) is 14.2. The second-order valence-corrected chi connectivity index (χ2v) is 6.40. The van der Waals surface area contributed by atoms with Gasteiger partial charge in [-0.3, -0.25) is 0 Å². The van der Waals surface area contributed by atoms with Crippen LogP contribution in [0.4, 0.5) is 5.82 Å². The minimum Gasteiger partial charge on any atom is -0.378 e. The maximum absolute atomic E-state index is 11.8. The molecule has 0 aliphatic carbocycles. The van der Waals surface area contributed by atoms with Crippen LogP contribution >= 0.6 is 0 Å². The first-order valence-electron chi connectivity index (χ1n) is 5.99. The van der Waals surface area contributed by atoms with E-state index in [1.807, 2.05) is 6.92 Å². The summed E-state index contributed by atoms with van der Waals surface area (Å²) in [7, 11) is -1.54. The number of aromatic nitrogens is 2. The normalized spacial score (nSPS) is 21.3. The highest BCUT2D eigenvalue weighted by Crippen LogP contribution is 2.25. The lowest BCUT2D eigenvalue weighted by Gasteiger charge is -2.32. The minimum absolute atomic E-state index is 0.277. The van der Waals surface area contributed by atoms with E-state index >= 15 is 0 Å².